The van der Waals surface area contributed by atoms with Gasteiger partial charge >= 0.3 is 6.01 Å². The molecule has 3 heterocycles. The highest BCUT2D eigenvalue weighted by Gasteiger charge is 2.26. The van der Waals surface area contributed by atoms with Gasteiger partial charge in [0.15, 0.2) is 0 Å². The van der Waals surface area contributed by atoms with Crippen molar-refractivity contribution in [2.45, 2.75) is 51.2 Å². The summed E-state index contributed by atoms with van der Waals surface area (Å²) in [6.07, 6.45) is 11.4. The Hall–Kier alpha value is -3.26. The number of rotatable bonds is 5. The topological polar surface area (TPSA) is 88.4 Å². The Bertz CT molecular complexity index is 1230. The molecular weight excluding hydrogens is 420 g/mol. The van der Waals surface area contributed by atoms with Crippen LogP contribution in [0, 0.1) is 6.92 Å². The molecule has 5 rings (SSSR count). The van der Waals surface area contributed by atoms with Gasteiger partial charge in [0.05, 0.1) is 31.0 Å². The van der Waals surface area contributed by atoms with E-state index in [0.717, 1.165) is 54.3 Å². The lowest BCUT2D eigenvalue weighted by Crippen LogP contribution is -2.30. The highest BCUT2D eigenvalue weighted by Crippen LogP contribution is 2.34. The highest BCUT2D eigenvalue weighted by molar-refractivity contribution is 5.86. The number of hydrogen-bond donors (Lipinski definition) is 0. The highest BCUT2D eigenvalue weighted by atomic mass is 16.5. The number of hydrogen-bond acceptors (Lipinski definition) is 7. The largest absolute Gasteiger partial charge is 0.488 e. The van der Waals surface area contributed by atoms with Gasteiger partial charge in [-0.25, -0.2) is 15.0 Å². The van der Waals surface area contributed by atoms with Crippen molar-refractivity contribution in [2.75, 3.05) is 13.2 Å². The monoisotopic (exact) mass is 448 g/mol. The van der Waals surface area contributed by atoms with Gasteiger partial charge in [0.1, 0.15) is 17.4 Å². The Morgan fingerprint density at radius 3 is 2.42 bits per heavy atom. The first-order valence-electron chi connectivity index (χ1n) is 11.5. The van der Waals surface area contributed by atoms with Gasteiger partial charge in [-0.1, -0.05) is 6.08 Å². The summed E-state index contributed by atoms with van der Waals surface area (Å²) in [5.74, 6) is 0.703. The van der Waals surface area contributed by atoms with Gasteiger partial charge in [-0.15, -0.1) is 0 Å². The first kappa shape index (κ1) is 21.6. The van der Waals surface area contributed by atoms with Crippen LogP contribution in [0.1, 0.15) is 43.2 Å². The van der Waals surface area contributed by atoms with Gasteiger partial charge in [-0.3, -0.25) is 4.79 Å². The fourth-order valence-corrected chi connectivity index (χ4v) is 4.45. The molecule has 3 aromatic rings. The predicted molar refractivity (Wildman–Crippen MR) is 124 cm³/mol. The fourth-order valence-electron chi connectivity index (χ4n) is 4.45. The summed E-state index contributed by atoms with van der Waals surface area (Å²) in [7, 11) is 1.76. The number of fused-ring (bicyclic) bond motifs is 1. The Kier molecular flexibility index (Phi) is 6.09. The van der Waals surface area contributed by atoms with E-state index in [4.69, 9.17) is 14.2 Å². The van der Waals surface area contributed by atoms with Gasteiger partial charge in [-0.2, -0.15) is 0 Å². The molecule has 0 bridgehead atoms. The van der Waals surface area contributed by atoms with Crippen molar-refractivity contribution in [1.29, 1.82) is 0 Å². The second-order valence-electron chi connectivity index (χ2n) is 8.73. The van der Waals surface area contributed by atoms with Crippen molar-refractivity contribution in [2.24, 2.45) is 7.05 Å². The maximum Gasteiger partial charge on any atom is 0.316 e. The van der Waals surface area contributed by atoms with E-state index >= 15 is 0 Å². The molecule has 33 heavy (non-hydrogen) atoms. The molecule has 0 unspecified atom stereocenters. The minimum Gasteiger partial charge on any atom is -0.488 e. The van der Waals surface area contributed by atoms with E-state index in [1.165, 1.54) is 11.8 Å². The summed E-state index contributed by atoms with van der Waals surface area (Å²) in [5.41, 5.74) is 4.63. The molecule has 0 atom stereocenters. The van der Waals surface area contributed by atoms with E-state index in [-0.39, 0.29) is 17.8 Å². The summed E-state index contributed by atoms with van der Waals surface area (Å²) in [5, 5.41) is 0. The third-order valence-corrected chi connectivity index (χ3v) is 6.31. The van der Waals surface area contributed by atoms with Crippen LogP contribution in [0.25, 0.3) is 16.6 Å². The summed E-state index contributed by atoms with van der Waals surface area (Å²) in [6.45, 7) is 3.27. The van der Waals surface area contributed by atoms with E-state index in [2.05, 4.69) is 21.0 Å². The molecule has 2 aromatic heterocycles. The standard InChI is InChI=1S/C25H28N4O4/c1-16-13-27-25(28-14-16)33-20-5-3-19(4-6-20)32-22-12-18(17-7-9-31-10-8-17)11-21-24(22)29(2)23(30)15-26-21/h7,11-15,19-20H,3-6,8-10H2,1-2H3/t19-,20+. The third-order valence-electron chi connectivity index (χ3n) is 6.31. The van der Waals surface area contributed by atoms with Crippen LogP contribution in [0.2, 0.25) is 0 Å². The van der Waals surface area contributed by atoms with Gasteiger partial charge < -0.3 is 18.8 Å². The van der Waals surface area contributed by atoms with Gasteiger partial charge in [0, 0.05) is 19.4 Å². The van der Waals surface area contributed by atoms with Crippen LogP contribution < -0.4 is 15.0 Å². The lowest BCUT2D eigenvalue weighted by Gasteiger charge is -2.29. The predicted octanol–water partition coefficient (Wildman–Crippen LogP) is 3.60. The number of nitrogens with zero attached hydrogens (tertiary/aromatic N) is 4. The van der Waals surface area contributed by atoms with Crippen LogP contribution in [-0.4, -0.2) is 44.9 Å². The molecule has 2 aliphatic rings. The maximum absolute atomic E-state index is 12.3. The Morgan fingerprint density at radius 2 is 1.73 bits per heavy atom. The average Bonchev–Trinajstić information content (AvgIpc) is 2.84. The van der Waals surface area contributed by atoms with Crippen LogP contribution in [0.15, 0.2) is 41.6 Å². The SMILES string of the molecule is Cc1cnc(O[C@H]2CC[C@@H](Oc3cc(C4=CCOCC4)cc4ncc(=O)n(C)c34)CC2)nc1. The van der Waals surface area contributed by atoms with E-state index in [1.807, 2.05) is 19.1 Å². The summed E-state index contributed by atoms with van der Waals surface area (Å²) < 4.78 is 19.5. The Balaban J connectivity index is 1.35. The normalized spacial score (nSPS) is 21.0. The molecule has 0 saturated heterocycles. The molecule has 1 saturated carbocycles. The van der Waals surface area contributed by atoms with E-state index in [9.17, 15) is 4.79 Å². The zero-order valence-corrected chi connectivity index (χ0v) is 19.0. The van der Waals surface area contributed by atoms with Crippen LogP contribution in [-0.2, 0) is 11.8 Å². The first-order valence-corrected chi connectivity index (χ1v) is 11.5. The van der Waals surface area contributed by atoms with Crippen molar-refractivity contribution in [3.8, 4) is 11.8 Å². The van der Waals surface area contributed by atoms with Crippen LogP contribution in [0.3, 0.4) is 0 Å². The third kappa shape index (κ3) is 4.75. The molecule has 0 amide bonds. The molecule has 1 aliphatic carbocycles. The molecule has 8 heteroatoms. The molecule has 172 valence electrons. The molecule has 0 spiro atoms. The quantitative estimate of drug-likeness (QED) is 0.589. The lowest BCUT2D eigenvalue weighted by atomic mass is 9.94. The van der Waals surface area contributed by atoms with E-state index in [1.54, 1.807) is 24.0 Å². The zero-order chi connectivity index (χ0) is 22.8. The molecule has 1 aromatic carbocycles. The van der Waals surface area contributed by atoms with Crippen LogP contribution in [0.5, 0.6) is 11.8 Å². The average molecular weight is 449 g/mol. The Morgan fingerprint density at radius 1 is 1.00 bits per heavy atom. The number of benzene rings is 1. The number of aryl methyl sites for hydroxylation is 2. The minimum atomic E-state index is -0.152. The smallest absolute Gasteiger partial charge is 0.316 e. The zero-order valence-electron chi connectivity index (χ0n) is 19.0. The van der Waals surface area contributed by atoms with Crippen molar-refractivity contribution in [3.63, 3.8) is 0 Å². The van der Waals surface area contributed by atoms with Gasteiger partial charge in [0.25, 0.3) is 5.56 Å². The Labute approximate surface area is 192 Å². The first-order chi connectivity index (χ1) is 16.1. The van der Waals surface area contributed by atoms with Gasteiger partial charge in [-0.05, 0) is 67.9 Å². The minimum absolute atomic E-state index is 0.0428. The van der Waals surface area contributed by atoms with E-state index in [0.29, 0.717) is 25.0 Å². The van der Waals surface area contributed by atoms with Crippen molar-refractivity contribution >= 4 is 16.6 Å². The summed E-state index contributed by atoms with van der Waals surface area (Å²) in [4.78, 5) is 25.2. The van der Waals surface area contributed by atoms with Crippen LogP contribution >= 0.6 is 0 Å². The van der Waals surface area contributed by atoms with Gasteiger partial charge in [0.2, 0.25) is 0 Å². The van der Waals surface area contributed by atoms with Crippen molar-refractivity contribution < 1.29 is 14.2 Å². The lowest BCUT2D eigenvalue weighted by molar-refractivity contribution is 0.0755. The molecule has 1 aliphatic heterocycles. The molecule has 8 nitrogen and oxygen atoms in total. The summed E-state index contributed by atoms with van der Waals surface area (Å²) in [6, 6.07) is 4.50. The molecule has 0 radical (unpaired) electrons. The number of aromatic nitrogens is 4. The maximum atomic E-state index is 12.3. The van der Waals surface area contributed by atoms with Crippen molar-refractivity contribution in [3.05, 3.63) is 58.3 Å². The second-order valence-corrected chi connectivity index (χ2v) is 8.73. The second kappa shape index (κ2) is 9.31. The molecule has 1 fully saturated rings. The number of ether oxygens (including phenoxy) is 3. The van der Waals surface area contributed by atoms with E-state index < -0.39 is 0 Å². The molecule has 0 N–H and O–H groups in total. The van der Waals surface area contributed by atoms with Crippen molar-refractivity contribution in [1.82, 2.24) is 19.5 Å². The summed E-state index contributed by atoms with van der Waals surface area (Å²) >= 11 is 0. The fraction of sp³-hybridized carbons (Fsp3) is 0.440. The van der Waals surface area contributed by atoms with Crippen LogP contribution in [0.4, 0.5) is 0 Å². The molecular formula is C25H28N4O4.